The number of ether oxygens (including phenoxy) is 2. The molecule has 0 aliphatic carbocycles. The van der Waals surface area contributed by atoms with Gasteiger partial charge in [0, 0.05) is 12.0 Å². The molecule has 0 radical (unpaired) electrons. The molecule has 13 nitrogen and oxygen atoms in total. The van der Waals surface area contributed by atoms with Crippen LogP contribution in [0.3, 0.4) is 0 Å². The number of esters is 1. The number of nitrogens with zero attached hydrogens (tertiary/aromatic N) is 2. The number of methoxy groups -OCH3 is 1. The summed E-state index contributed by atoms with van der Waals surface area (Å²) in [5, 5.41) is 16.5. The molecule has 0 fully saturated rings. The fourth-order valence-electron chi connectivity index (χ4n) is 5.67. The quantitative estimate of drug-likeness (QED) is 0.155. The van der Waals surface area contributed by atoms with Crippen LogP contribution < -0.4 is 30.9 Å². The van der Waals surface area contributed by atoms with Gasteiger partial charge in [-0.3, -0.25) is 24.5 Å². The van der Waals surface area contributed by atoms with Gasteiger partial charge in [-0.2, -0.15) is 0 Å². The molecular formula is C36H45N5O8. The van der Waals surface area contributed by atoms with Crippen LogP contribution in [-0.2, 0) is 30.5 Å². The van der Waals surface area contributed by atoms with Crippen molar-refractivity contribution in [2.75, 3.05) is 36.5 Å². The number of rotatable bonds is 13. The molecule has 5 N–H and O–H groups in total. The van der Waals surface area contributed by atoms with E-state index in [0.29, 0.717) is 52.8 Å². The Balaban J connectivity index is 1.73. The molecule has 3 amide bonds. The first-order chi connectivity index (χ1) is 23.2. The summed E-state index contributed by atoms with van der Waals surface area (Å²) in [6.45, 7) is 6.85. The van der Waals surface area contributed by atoms with Crippen molar-refractivity contribution in [3.63, 3.8) is 0 Å². The molecule has 3 aromatic rings. The molecule has 1 heterocycles. The number of aromatic carboxylic acids is 1. The maximum Gasteiger partial charge on any atom is 0.335 e. The number of nitrogens with one attached hydrogen (secondary N) is 2. The molecule has 1 aliphatic heterocycles. The molecule has 3 aromatic carbocycles. The van der Waals surface area contributed by atoms with E-state index in [2.05, 4.69) is 10.6 Å². The Morgan fingerprint density at radius 3 is 2.41 bits per heavy atom. The zero-order valence-electron chi connectivity index (χ0n) is 28.6. The van der Waals surface area contributed by atoms with Gasteiger partial charge in [0.05, 0.1) is 49.7 Å². The van der Waals surface area contributed by atoms with E-state index in [-0.39, 0.29) is 37.5 Å². The van der Waals surface area contributed by atoms with Gasteiger partial charge in [0.15, 0.2) is 0 Å². The standard InChI is InChI=1S/C36H45N5O8/c1-22(38-19-32(43)49-36(2,3)4)33(44)39-27-21-40(31(42)12-8-9-17-37)28-10-6-7-11-29(28)41(34(27)45)20-26-25-15-13-24(35(46)47)18-23(25)14-16-30(26)48-5/h6-7,10-11,13-16,18,22,27,38H,8-9,12,17,19-21,37H2,1-5H3,(H,39,44)(H,46,47)/t22-,27-/m0/s1. The fourth-order valence-corrected chi connectivity index (χ4v) is 5.67. The molecular weight excluding hydrogens is 630 g/mol. The number of carboxylic acids is 1. The smallest absolute Gasteiger partial charge is 0.335 e. The van der Waals surface area contributed by atoms with Gasteiger partial charge in [-0.05, 0) is 88.2 Å². The molecule has 262 valence electrons. The summed E-state index contributed by atoms with van der Waals surface area (Å²) in [5.74, 6) is -2.38. The van der Waals surface area contributed by atoms with Gasteiger partial charge in [-0.15, -0.1) is 0 Å². The zero-order chi connectivity index (χ0) is 35.9. The number of carboxylic acid groups (broad SMARTS) is 1. The van der Waals surface area contributed by atoms with Crippen LogP contribution in [0.25, 0.3) is 10.8 Å². The highest BCUT2D eigenvalue weighted by Crippen LogP contribution is 2.37. The second kappa shape index (κ2) is 15.9. The van der Waals surface area contributed by atoms with Crippen LogP contribution in [-0.4, -0.2) is 79.2 Å². The number of hydrogen-bond donors (Lipinski definition) is 4. The predicted octanol–water partition coefficient (Wildman–Crippen LogP) is 3.36. The van der Waals surface area contributed by atoms with E-state index in [4.69, 9.17) is 15.2 Å². The third-order valence-electron chi connectivity index (χ3n) is 8.09. The lowest BCUT2D eigenvalue weighted by Crippen LogP contribution is -2.56. The minimum atomic E-state index is -1.16. The van der Waals surface area contributed by atoms with Crippen molar-refractivity contribution >= 4 is 51.8 Å². The number of amides is 3. The van der Waals surface area contributed by atoms with E-state index < -0.39 is 41.4 Å². The average molecular weight is 676 g/mol. The minimum absolute atomic E-state index is 0.0171. The molecule has 1 aliphatic rings. The molecule has 0 unspecified atom stereocenters. The van der Waals surface area contributed by atoms with Gasteiger partial charge in [-0.25, -0.2) is 4.79 Å². The highest BCUT2D eigenvalue weighted by molar-refractivity contribution is 6.08. The third-order valence-corrected chi connectivity index (χ3v) is 8.09. The Morgan fingerprint density at radius 1 is 1.04 bits per heavy atom. The zero-order valence-corrected chi connectivity index (χ0v) is 28.6. The Labute approximate surface area is 285 Å². The number of carbonyl (C=O) groups is 5. The van der Waals surface area contributed by atoms with Crippen molar-refractivity contribution in [3.05, 3.63) is 65.7 Å². The van der Waals surface area contributed by atoms with Crippen LogP contribution in [0, 0.1) is 0 Å². The number of unbranched alkanes of at least 4 members (excludes halogenated alkanes) is 1. The lowest BCUT2D eigenvalue weighted by Gasteiger charge is -2.27. The molecule has 0 aromatic heterocycles. The van der Waals surface area contributed by atoms with Gasteiger partial charge < -0.3 is 35.4 Å². The SMILES string of the molecule is COc1ccc2cc(C(=O)O)ccc2c1CN1C(=O)[C@@H](NC(=O)[C@H](C)NCC(=O)OC(C)(C)C)CN(C(=O)CCCCN)c2ccccc21. The van der Waals surface area contributed by atoms with Crippen LogP contribution in [0.4, 0.5) is 11.4 Å². The summed E-state index contributed by atoms with van der Waals surface area (Å²) in [4.78, 5) is 68.7. The summed E-state index contributed by atoms with van der Waals surface area (Å²) in [5.41, 5.74) is 6.65. The number of anilines is 2. The van der Waals surface area contributed by atoms with E-state index in [0.717, 1.165) is 0 Å². The number of fused-ring (bicyclic) bond motifs is 2. The van der Waals surface area contributed by atoms with Crippen LogP contribution in [0.1, 0.15) is 62.9 Å². The van der Waals surface area contributed by atoms with Crippen LogP contribution in [0.15, 0.2) is 54.6 Å². The number of benzene rings is 3. The van der Waals surface area contributed by atoms with Crippen molar-refractivity contribution < 1.29 is 38.6 Å². The van der Waals surface area contributed by atoms with E-state index in [1.54, 1.807) is 76.2 Å². The van der Waals surface area contributed by atoms with Crippen molar-refractivity contribution in [2.45, 2.75) is 71.2 Å². The Hall–Kier alpha value is -5.01. The first kappa shape index (κ1) is 36.8. The fraction of sp³-hybridized carbons (Fsp3) is 0.417. The molecule has 0 spiro atoms. The highest BCUT2D eigenvalue weighted by atomic mass is 16.6. The largest absolute Gasteiger partial charge is 0.496 e. The van der Waals surface area contributed by atoms with Gasteiger partial charge in [0.25, 0.3) is 5.91 Å². The Morgan fingerprint density at radius 2 is 1.76 bits per heavy atom. The summed E-state index contributed by atoms with van der Waals surface area (Å²) in [6.07, 6.45) is 1.40. The van der Waals surface area contributed by atoms with Crippen LogP contribution in [0.5, 0.6) is 5.75 Å². The maximum atomic E-state index is 14.5. The molecule has 2 atom stereocenters. The summed E-state index contributed by atoms with van der Waals surface area (Å²) < 4.78 is 11.0. The van der Waals surface area contributed by atoms with Crippen LogP contribution >= 0.6 is 0 Å². The molecule has 0 saturated heterocycles. The van der Waals surface area contributed by atoms with E-state index >= 15 is 0 Å². The average Bonchev–Trinajstić information content (AvgIpc) is 3.17. The van der Waals surface area contributed by atoms with Crippen LogP contribution in [0.2, 0.25) is 0 Å². The summed E-state index contributed by atoms with van der Waals surface area (Å²) in [7, 11) is 1.50. The normalized spacial score (nSPS) is 15.3. The monoisotopic (exact) mass is 675 g/mol. The van der Waals surface area contributed by atoms with E-state index in [1.807, 2.05) is 0 Å². The van der Waals surface area contributed by atoms with Crippen molar-refractivity contribution in [2.24, 2.45) is 5.73 Å². The van der Waals surface area contributed by atoms with Gasteiger partial charge in [-0.1, -0.05) is 24.3 Å². The van der Waals surface area contributed by atoms with Gasteiger partial charge in [0.2, 0.25) is 11.8 Å². The minimum Gasteiger partial charge on any atom is -0.496 e. The maximum absolute atomic E-state index is 14.5. The second-order valence-electron chi connectivity index (χ2n) is 12.9. The first-order valence-corrected chi connectivity index (χ1v) is 16.2. The molecule has 0 bridgehead atoms. The summed E-state index contributed by atoms with van der Waals surface area (Å²) in [6, 6.07) is 13.2. The van der Waals surface area contributed by atoms with Crippen molar-refractivity contribution in [3.8, 4) is 5.75 Å². The van der Waals surface area contributed by atoms with Gasteiger partial charge >= 0.3 is 11.9 Å². The Kier molecular flexibility index (Phi) is 12.0. The summed E-state index contributed by atoms with van der Waals surface area (Å²) >= 11 is 0. The molecule has 4 rings (SSSR count). The van der Waals surface area contributed by atoms with E-state index in [9.17, 15) is 29.1 Å². The third kappa shape index (κ3) is 9.12. The Bertz CT molecular complexity index is 1720. The number of hydrogen-bond acceptors (Lipinski definition) is 9. The van der Waals surface area contributed by atoms with Gasteiger partial charge in [0.1, 0.15) is 17.4 Å². The second-order valence-corrected chi connectivity index (χ2v) is 12.9. The molecule has 13 heteroatoms. The van der Waals surface area contributed by atoms with E-state index in [1.165, 1.54) is 23.0 Å². The molecule has 0 saturated carbocycles. The number of para-hydroxylation sites is 2. The molecule has 49 heavy (non-hydrogen) atoms. The van der Waals surface area contributed by atoms with Crippen molar-refractivity contribution in [1.82, 2.24) is 10.6 Å². The number of carbonyl (C=O) groups excluding carboxylic acids is 4. The lowest BCUT2D eigenvalue weighted by atomic mass is 10.00. The topological polar surface area (TPSA) is 181 Å². The predicted molar refractivity (Wildman–Crippen MR) is 186 cm³/mol. The first-order valence-electron chi connectivity index (χ1n) is 16.2. The number of nitrogens with two attached hydrogens (primary N) is 1. The lowest BCUT2D eigenvalue weighted by molar-refractivity contribution is -0.153. The van der Waals surface area contributed by atoms with Crippen molar-refractivity contribution in [1.29, 1.82) is 0 Å². The highest BCUT2D eigenvalue weighted by Gasteiger charge is 2.38.